The van der Waals surface area contributed by atoms with Crippen LogP contribution in [0.3, 0.4) is 0 Å². The SMILES string of the molecule is NC(=S)c1ccc(COc2ccc3c(c2)CCC3)cc1. The first kappa shape index (κ1) is 13.1. The molecule has 0 aliphatic heterocycles. The van der Waals surface area contributed by atoms with E-state index in [9.17, 15) is 0 Å². The third kappa shape index (κ3) is 2.83. The smallest absolute Gasteiger partial charge is 0.120 e. The molecule has 0 atom stereocenters. The van der Waals surface area contributed by atoms with Crippen molar-refractivity contribution in [1.29, 1.82) is 0 Å². The summed E-state index contributed by atoms with van der Waals surface area (Å²) in [6, 6.07) is 14.3. The molecule has 0 saturated heterocycles. The van der Waals surface area contributed by atoms with Crippen molar-refractivity contribution in [1.82, 2.24) is 0 Å². The summed E-state index contributed by atoms with van der Waals surface area (Å²) in [5.41, 5.74) is 10.5. The van der Waals surface area contributed by atoms with Gasteiger partial charge in [-0.15, -0.1) is 0 Å². The van der Waals surface area contributed by atoms with Crippen molar-refractivity contribution in [2.45, 2.75) is 25.9 Å². The summed E-state index contributed by atoms with van der Waals surface area (Å²) in [6.07, 6.45) is 3.64. The zero-order chi connectivity index (χ0) is 13.9. The number of rotatable bonds is 4. The molecule has 1 aliphatic rings. The number of hydrogen-bond acceptors (Lipinski definition) is 2. The summed E-state index contributed by atoms with van der Waals surface area (Å²) in [5, 5.41) is 0. The first-order valence-corrected chi connectivity index (χ1v) is 7.26. The highest BCUT2D eigenvalue weighted by Gasteiger charge is 2.11. The lowest BCUT2D eigenvalue weighted by molar-refractivity contribution is 0.306. The zero-order valence-corrected chi connectivity index (χ0v) is 12.1. The molecular formula is C17H17NOS. The maximum absolute atomic E-state index is 5.85. The Bertz CT molecular complexity index is 634. The normalized spacial score (nSPS) is 13.0. The van der Waals surface area contributed by atoms with Crippen LogP contribution in [0.5, 0.6) is 5.75 Å². The third-order valence-corrected chi connectivity index (χ3v) is 3.95. The average Bonchev–Trinajstić information content (AvgIpc) is 2.93. The van der Waals surface area contributed by atoms with E-state index in [1.165, 1.54) is 30.4 Å². The van der Waals surface area contributed by atoms with Gasteiger partial charge in [0.2, 0.25) is 0 Å². The summed E-state index contributed by atoms with van der Waals surface area (Å²) in [4.78, 5) is 0.427. The van der Waals surface area contributed by atoms with E-state index in [0.29, 0.717) is 11.6 Å². The molecule has 0 heterocycles. The van der Waals surface area contributed by atoms with E-state index in [1.54, 1.807) is 0 Å². The van der Waals surface area contributed by atoms with Crippen molar-refractivity contribution in [2.75, 3.05) is 0 Å². The van der Waals surface area contributed by atoms with Crippen LogP contribution in [0.15, 0.2) is 42.5 Å². The molecule has 0 radical (unpaired) electrons. The van der Waals surface area contributed by atoms with Crippen LogP contribution in [0, 0.1) is 0 Å². The maximum Gasteiger partial charge on any atom is 0.120 e. The third-order valence-electron chi connectivity index (χ3n) is 3.71. The molecule has 0 fully saturated rings. The fourth-order valence-corrected chi connectivity index (χ4v) is 2.71. The van der Waals surface area contributed by atoms with Gasteiger partial charge in [0.05, 0.1) is 0 Å². The Hall–Kier alpha value is -1.87. The second kappa shape index (κ2) is 5.63. The van der Waals surface area contributed by atoms with E-state index in [2.05, 4.69) is 18.2 Å². The minimum Gasteiger partial charge on any atom is -0.489 e. The van der Waals surface area contributed by atoms with Gasteiger partial charge in [0.15, 0.2) is 0 Å². The van der Waals surface area contributed by atoms with Crippen LogP contribution in [-0.4, -0.2) is 4.99 Å². The van der Waals surface area contributed by atoms with Gasteiger partial charge < -0.3 is 10.5 Å². The number of benzene rings is 2. The van der Waals surface area contributed by atoms with Gasteiger partial charge in [-0.2, -0.15) is 0 Å². The van der Waals surface area contributed by atoms with Crippen LogP contribution in [0.25, 0.3) is 0 Å². The molecule has 2 N–H and O–H groups in total. The highest BCUT2D eigenvalue weighted by molar-refractivity contribution is 7.80. The predicted octanol–water partition coefficient (Wildman–Crippen LogP) is 3.39. The van der Waals surface area contributed by atoms with Crippen molar-refractivity contribution in [3.8, 4) is 5.75 Å². The molecule has 20 heavy (non-hydrogen) atoms. The topological polar surface area (TPSA) is 35.2 Å². The van der Waals surface area contributed by atoms with Crippen LogP contribution in [0.4, 0.5) is 0 Å². The molecule has 2 aromatic rings. The highest BCUT2D eigenvalue weighted by atomic mass is 32.1. The first-order valence-electron chi connectivity index (χ1n) is 6.86. The molecule has 3 rings (SSSR count). The minimum atomic E-state index is 0.427. The average molecular weight is 283 g/mol. The Labute approximate surface area is 124 Å². The fraction of sp³-hybridized carbons (Fsp3) is 0.235. The van der Waals surface area contributed by atoms with Crippen molar-refractivity contribution >= 4 is 17.2 Å². The second-order valence-corrected chi connectivity index (χ2v) is 5.57. The number of hydrogen-bond donors (Lipinski definition) is 1. The van der Waals surface area contributed by atoms with Gasteiger partial charge in [-0.1, -0.05) is 42.5 Å². The lowest BCUT2D eigenvalue weighted by atomic mass is 10.1. The van der Waals surface area contributed by atoms with Crippen molar-refractivity contribution in [2.24, 2.45) is 5.73 Å². The minimum absolute atomic E-state index is 0.427. The summed E-state index contributed by atoms with van der Waals surface area (Å²) in [5.74, 6) is 0.948. The standard InChI is InChI=1S/C17H17NOS/c18-17(20)14-6-4-12(5-7-14)11-19-16-9-8-13-2-1-3-15(13)10-16/h4-10H,1-3,11H2,(H2,18,20). The van der Waals surface area contributed by atoms with E-state index < -0.39 is 0 Å². The van der Waals surface area contributed by atoms with Gasteiger partial charge >= 0.3 is 0 Å². The monoisotopic (exact) mass is 283 g/mol. The van der Waals surface area contributed by atoms with Gasteiger partial charge in [-0.3, -0.25) is 0 Å². The molecule has 0 unspecified atom stereocenters. The van der Waals surface area contributed by atoms with Crippen LogP contribution in [0.2, 0.25) is 0 Å². The van der Waals surface area contributed by atoms with Gasteiger partial charge in [0.1, 0.15) is 17.3 Å². The number of ether oxygens (including phenoxy) is 1. The van der Waals surface area contributed by atoms with Crippen LogP contribution >= 0.6 is 12.2 Å². The van der Waals surface area contributed by atoms with Gasteiger partial charge in [0.25, 0.3) is 0 Å². The molecule has 0 saturated carbocycles. The van der Waals surface area contributed by atoms with Crippen LogP contribution in [-0.2, 0) is 19.4 Å². The Morgan fingerprint density at radius 3 is 2.55 bits per heavy atom. The second-order valence-electron chi connectivity index (χ2n) is 5.13. The first-order chi connectivity index (χ1) is 9.72. The van der Waals surface area contributed by atoms with Gasteiger partial charge in [0, 0.05) is 5.56 Å². The van der Waals surface area contributed by atoms with Crippen LogP contribution in [0.1, 0.15) is 28.7 Å². The molecule has 1 aliphatic carbocycles. The molecule has 0 amide bonds. The fourth-order valence-electron chi connectivity index (χ4n) is 2.57. The van der Waals surface area contributed by atoms with Crippen molar-refractivity contribution in [3.05, 3.63) is 64.7 Å². The quantitative estimate of drug-likeness (QED) is 0.874. The number of nitrogens with two attached hydrogens (primary N) is 1. The molecule has 0 bridgehead atoms. The summed E-state index contributed by atoms with van der Waals surface area (Å²) < 4.78 is 5.85. The Balaban J connectivity index is 1.65. The Kier molecular flexibility index (Phi) is 3.70. The molecular weight excluding hydrogens is 266 g/mol. The number of fused-ring (bicyclic) bond motifs is 1. The Morgan fingerprint density at radius 2 is 1.80 bits per heavy atom. The molecule has 2 aromatic carbocycles. The molecule has 0 aromatic heterocycles. The molecule has 0 spiro atoms. The lowest BCUT2D eigenvalue weighted by Crippen LogP contribution is -2.09. The molecule has 3 heteroatoms. The maximum atomic E-state index is 5.85. The van der Waals surface area contributed by atoms with Crippen molar-refractivity contribution in [3.63, 3.8) is 0 Å². The molecule has 2 nitrogen and oxygen atoms in total. The largest absolute Gasteiger partial charge is 0.489 e. The predicted molar refractivity (Wildman–Crippen MR) is 85.1 cm³/mol. The van der Waals surface area contributed by atoms with E-state index in [0.717, 1.165) is 16.9 Å². The lowest BCUT2D eigenvalue weighted by Gasteiger charge is -2.09. The summed E-state index contributed by atoms with van der Waals surface area (Å²) in [6.45, 7) is 0.566. The van der Waals surface area contributed by atoms with E-state index in [-0.39, 0.29) is 0 Å². The summed E-state index contributed by atoms with van der Waals surface area (Å²) in [7, 11) is 0. The number of thiocarbonyl (C=S) groups is 1. The van der Waals surface area contributed by atoms with Crippen LogP contribution < -0.4 is 10.5 Å². The van der Waals surface area contributed by atoms with Gasteiger partial charge in [-0.25, -0.2) is 0 Å². The molecule has 102 valence electrons. The van der Waals surface area contributed by atoms with E-state index in [4.69, 9.17) is 22.7 Å². The highest BCUT2D eigenvalue weighted by Crippen LogP contribution is 2.26. The summed E-state index contributed by atoms with van der Waals surface area (Å²) >= 11 is 4.94. The van der Waals surface area contributed by atoms with Gasteiger partial charge in [-0.05, 0) is 48.1 Å². The van der Waals surface area contributed by atoms with E-state index in [1.807, 2.05) is 24.3 Å². The number of aryl methyl sites for hydroxylation is 2. The zero-order valence-electron chi connectivity index (χ0n) is 11.3. The van der Waals surface area contributed by atoms with E-state index >= 15 is 0 Å². The Morgan fingerprint density at radius 1 is 1.05 bits per heavy atom. The van der Waals surface area contributed by atoms with Crippen molar-refractivity contribution < 1.29 is 4.74 Å².